The third-order valence-corrected chi connectivity index (χ3v) is 6.81. The number of rotatable bonds is 6. The molecule has 4 heteroatoms. The maximum atomic E-state index is 12.9. The zero-order chi connectivity index (χ0) is 18.1. The van der Waals surface area contributed by atoms with Gasteiger partial charge in [0.1, 0.15) is 0 Å². The highest BCUT2D eigenvalue weighted by molar-refractivity contribution is 5.79. The van der Waals surface area contributed by atoms with Crippen molar-refractivity contribution >= 4 is 5.91 Å². The number of amides is 1. The second-order valence-corrected chi connectivity index (χ2v) is 8.82. The van der Waals surface area contributed by atoms with Gasteiger partial charge >= 0.3 is 0 Å². The minimum absolute atomic E-state index is 0.242. The van der Waals surface area contributed by atoms with Crippen molar-refractivity contribution in [3.8, 4) is 0 Å². The van der Waals surface area contributed by atoms with E-state index in [9.17, 15) is 4.79 Å². The van der Waals surface area contributed by atoms with Crippen LogP contribution >= 0.6 is 0 Å². The lowest BCUT2D eigenvalue weighted by molar-refractivity contribution is -0.130. The van der Waals surface area contributed by atoms with Gasteiger partial charge in [-0.25, -0.2) is 0 Å². The Hall–Kier alpha value is -1.39. The maximum Gasteiger partial charge on any atom is 0.227 e. The maximum absolute atomic E-state index is 12.9. The van der Waals surface area contributed by atoms with Gasteiger partial charge in [0, 0.05) is 51.2 Å². The molecule has 1 aromatic rings. The normalized spacial score (nSPS) is 29.0. The Morgan fingerprint density at radius 1 is 1.27 bits per heavy atom. The molecule has 0 radical (unpaired) electrons. The number of carbonyl (C=O) groups excluding carboxylic acids is 1. The first-order valence-electron chi connectivity index (χ1n) is 10.1. The van der Waals surface area contributed by atoms with Crippen molar-refractivity contribution in [3.63, 3.8) is 0 Å². The van der Waals surface area contributed by atoms with E-state index in [1.54, 1.807) is 0 Å². The highest BCUT2D eigenvalue weighted by Gasteiger charge is 2.51. The Morgan fingerprint density at radius 3 is 2.81 bits per heavy atom. The van der Waals surface area contributed by atoms with Gasteiger partial charge in [0.2, 0.25) is 5.91 Å². The molecule has 1 amide bonds. The lowest BCUT2D eigenvalue weighted by atomic mass is 9.77. The van der Waals surface area contributed by atoms with Gasteiger partial charge in [-0.1, -0.05) is 24.3 Å². The van der Waals surface area contributed by atoms with Gasteiger partial charge in [-0.2, -0.15) is 0 Å². The molecule has 2 aliphatic heterocycles. The summed E-state index contributed by atoms with van der Waals surface area (Å²) in [6.45, 7) is 8.26. The molecule has 4 nitrogen and oxygen atoms in total. The number of methoxy groups -OCH3 is 1. The number of benzene rings is 1. The van der Waals surface area contributed by atoms with E-state index in [2.05, 4.69) is 28.9 Å². The Labute approximate surface area is 157 Å². The molecular formula is C22H32N2O2. The number of hydrogen-bond donors (Lipinski definition) is 0. The number of hydrogen-bond acceptors (Lipinski definition) is 3. The zero-order valence-corrected chi connectivity index (χ0v) is 16.2. The molecule has 0 bridgehead atoms. The van der Waals surface area contributed by atoms with Crippen LogP contribution in [0.25, 0.3) is 0 Å². The topological polar surface area (TPSA) is 32.8 Å². The van der Waals surface area contributed by atoms with Crippen molar-refractivity contribution in [2.24, 2.45) is 17.3 Å². The summed E-state index contributed by atoms with van der Waals surface area (Å²) in [5, 5.41) is 0. The molecule has 3 aliphatic rings. The van der Waals surface area contributed by atoms with Gasteiger partial charge in [0.15, 0.2) is 0 Å². The minimum atomic E-state index is 0.242. The fourth-order valence-electron chi connectivity index (χ4n) is 5.03. The van der Waals surface area contributed by atoms with E-state index in [-0.39, 0.29) is 11.3 Å². The van der Waals surface area contributed by atoms with Gasteiger partial charge in [-0.05, 0) is 43.2 Å². The van der Waals surface area contributed by atoms with Crippen LogP contribution in [0.2, 0.25) is 0 Å². The number of nitrogens with zero attached hydrogens (tertiary/aromatic N) is 2. The molecule has 0 unspecified atom stereocenters. The monoisotopic (exact) mass is 356 g/mol. The number of carbonyl (C=O) groups is 1. The van der Waals surface area contributed by atoms with E-state index in [1.165, 1.54) is 24.9 Å². The first-order chi connectivity index (χ1) is 12.6. The third kappa shape index (κ3) is 3.67. The summed E-state index contributed by atoms with van der Waals surface area (Å²) in [7, 11) is 1.81. The molecule has 1 aliphatic carbocycles. The summed E-state index contributed by atoms with van der Waals surface area (Å²) < 4.78 is 5.56. The van der Waals surface area contributed by atoms with Crippen LogP contribution in [0.1, 0.15) is 30.4 Å². The molecule has 0 aromatic heterocycles. The predicted octanol–water partition coefficient (Wildman–Crippen LogP) is 2.74. The van der Waals surface area contributed by atoms with Gasteiger partial charge < -0.3 is 14.5 Å². The van der Waals surface area contributed by atoms with Crippen molar-refractivity contribution in [1.29, 1.82) is 0 Å². The molecule has 1 spiro atoms. The first-order valence-corrected chi connectivity index (χ1v) is 10.1. The molecule has 0 N–H and O–H groups in total. The van der Waals surface area contributed by atoms with Gasteiger partial charge in [-0.15, -0.1) is 0 Å². The lowest BCUT2D eigenvalue weighted by Crippen LogP contribution is -2.38. The molecule has 26 heavy (non-hydrogen) atoms. The highest BCUT2D eigenvalue weighted by Crippen LogP contribution is 2.45. The van der Waals surface area contributed by atoms with Crippen LogP contribution in [0.5, 0.6) is 0 Å². The highest BCUT2D eigenvalue weighted by atomic mass is 16.5. The van der Waals surface area contributed by atoms with E-state index in [0.29, 0.717) is 12.3 Å². The fourth-order valence-corrected chi connectivity index (χ4v) is 5.03. The summed E-state index contributed by atoms with van der Waals surface area (Å²) in [5.41, 5.74) is 2.61. The van der Waals surface area contributed by atoms with E-state index < -0.39 is 0 Å². The van der Waals surface area contributed by atoms with Gasteiger partial charge in [-0.3, -0.25) is 4.79 Å². The molecular weight excluding hydrogens is 324 g/mol. The van der Waals surface area contributed by atoms with Crippen molar-refractivity contribution < 1.29 is 9.53 Å². The molecule has 2 atom stereocenters. The zero-order valence-electron chi connectivity index (χ0n) is 16.2. The van der Waals surface area contributed by atoms with E-state index in [4.69, 9.17) is 4.74 Å². The van der Waals surface area contributed by atoms with Crippen molar-refractivity contribution in [2.75, 3.05) is 46.4 Å². The van der Waals surface area contributed by atoms with Crippen molar-refractivity contribution in [2.45, 2.75) is 32.6 Å². The lowest BCUT2D eigenvalue weighted by Gasteiger charge is -2.30. The quantitative estimate of drug-likeness (QED) is 0.786. The van der Waals surface area contributed by atoms with Crippen LogP contribution in [-0.2, 0) is 16.0 Å². The van der Waals surface area contributed by atoms with Crippen LogP contribution in [-0.4, -0.2) is 62.1 Å². The molecule has 3 fully saturated rings. The largest absolute Gasteiger partial charge is 0.384 e. The number of ether oxygens (including phenoxy) is 1. The van der Waals surface area contributed by atoms with Crippen LogP contribution < -0.4 is 0 Å². The molecule has 1 saturated carbocycles. The van der Waals surface area contributed by atoms with Crippen LogP contribution in [0.3, 0.4) is 0 Å². The molecule has 2 heterocycles. The van der Waals surface area contributed by atoms with E-state index in [1.807, 2.05) is 19.2 Å². The number of aryl methyl sites for hydroxylation is 1. The van der Waals surface area contributed by atoms with Gasteiger partial charge in [0.05, 0.1) is 13.0 Å². The summed E-state index contributed by atoms with van der Waals surface area (Å²) in [5.74, 6) is 1.77. The Balaban J connectivity index is 1.41. The van der Waals surface area contributed by atoms with E-state index in [0.717, 1.165) is 50.7 Å². The average Bonchev–Trinajstić information content (AvgIpc) is 3.23. The summed E-state index contributed by atoms with van der Waals surface area (Å²) in [6.07, 6.45) is 4.46. The summed E-state index contributed by atoms with van der Waals surface area (Å²) >= 11 is 0. The average molecular weight is 357 g/mol. The molecule has 4 rings (SSSR count). The van der Waals surface area contributed by atoms with Crippen molar-refractivity contribution in [3.05, 3.63) is 35.4 Å². The first kappa shape index (κ1) is 18.0. The Bertz CT molecular complexity index is 657. The minimum Gasteiger partial charge on any atom is -0.384 e. The number of likely N-dealkylation sites (tertiary alicyclic amines) is 2. The Morgan fingerprint density at radius 2 is 2.08 bits per heavy atom. The van der Waals surface area contributed by atoms with Crippen LogP contribution in [0, 0.1) is 24.2 Å². The Kier molecular flexibility index (Phi) is 5.07. The molecule has 142 valence electrons. The van der Waals surface area contributed by atoms with Gasteiger partial charge in [0.25, 0.3) is 0 Å². The second-order valence-electron chi connectivity index (χ2n) is 8.82. The smallest absolute Gasteiger partial charge is 0.227 e. The molecule has 2 saturated heterocycles. The van der Waals surface area contributed by atoms with E-state index >= 15 is 0 Å². The summed E-state index contributed by atoms with van der Waals surface area (Å²) in [4.78, 5) is 17.7. The second kappa shape index (κ2) is 7.32. The van der Waals surface area contributed by atoms with Crippen molar-refractivity contribution in [1.82, 2.24) is 9.80 Å². The summed E-state index contributed by atoms with van der Waals surface area (Å²) in [6, 6.07) is 8.24. The third-order valence-electron chi connectivity index (χ3n) is 6.81. The van der Waals surface area contributed by atoms with Crippen LogP contribution in [0.15, 0.2) is 24.3 Å². The van der Waals surface area contributed by atoms with Crippen LogP contribution in [0.4, 0.5) is 0 Å². The standard InChI is InChI=1S/C22H32N2O2/c1-17-5-3-4-6-19(17)11-21(25)24-10-9-22(16-24)15-23(12-18-7-8-18)13-20(22)14-26-2/h3-6,18,20H,7-16H2,1-2H3/t20-,22+/m1/s1. The molecule has 1 aromatic carbocycles. The predicted molar refractivity (Wildman–Crippen MR) is 103 cm³/mol. The SMILES string of the molecule is COC[C@H]1CN(CC2CC2)C[C@]12CCN(C(=O)Cc1ccccc1C)C2. The fraction of sp³-hybridized carbons (Fsp3) is 0.682.